The van der Waals surface area contributed by atoms with Gasteiger partial charge in [0.05, 0.1) is 13.1 Å². The average Bonchev–Trinajstić information content (AvgIpc) is 2.64. The van der Waals surface area contributed by atoms with Crippen LogP contribution in [-0.4, -0.2) is 62.1 Å². The predicted molar refractivity (Wildman–Crippen MR) is 62.4 cm³/mol. The molecule has 1 unspecified atom stereocenters. The molecule has 90 valence electrons. The summed E-state index contributed by atoms with van der Waals surface area (Å²) >= 11 is 0. The van der Waals surface area contributed by atoms with Gasteiger partial charge in [-0.1, -0.05) is 0 Å². The quantitative estimate of drug-likeness (QED) is 0.538. The van der Waals surface area contributed by atoms with Crippen LogP contribution in [0.4, 0.5) is 0 Å². The Labute approximate surface area is 95.5 Å². The van der Waals surface area contributed by atoms with E-state index >= 15 is 0 Å². The van der Waals surface area contributed by atoms with Crippen LogP contribution < -0.4 is 16.0 Å². The maximum atomic E-state index is 11.1. The summed E-state index contributed by atoms with van der Waals surface area (Å²) in [7, 11) is 0. The molecule has 1 atom stereocenters. The fourth-order valence-corrected chi connectivity index (χ4v) is 1.87. The standard InChI is InChI=1S/C10H19N5O/c1-8-6-13-10(14-8)12-3-5-15-4-2-11-9(16)7-15/h8H,2-7H2,1H3,(H,11,16)(H2,12,13,14). The third-order valence-corrected chi connectivity index (χ3v) is 2.74. The van der Waals surface area contributed by atoms with E-state index < -0.39 is 0 Å². The summed E-state index contributed by atoms with van der Waals surface area (Å²) in [5.41, 5.74) is 0. The Morgan fingerprint density at radius 1 is 1.62 bits per heavy atom. The van der Waals surface area contributed by atoms with E-state index in [-0.39, 0.29) is 5.91 Å². The highest BCUT2D eigenvalue weighted by atomic mass is 16.2. The molecule has 0 spiro atoms. The fourth-order valence-electron chi connectivity index (χ4n) is 1.87. The van der Waals surface area contributed by atoms with Crippen LogP contribution in [0.5, 0.6) is 0 Å². The van der Waals surface area contributed by atoms with E-state index in [1.165, 1.54) is 0 Å². The second-order valence-corrected chi connectivity index (χ2v) is 4.29. The van der Waals surface area contributed by atoms with Crippen molar-refractivity contribution >= 4 is 11.9 Å². The number of guanidine groups is 1. The number of rotatable bonds is 3. The van der Waals surface area contributed by atoms with Crippen molar-refractivity contribution in [3.8, 4) is 0 Å². The van der Waals surface area contributed by atoms with Gasteiger partial charge in [0.2, 0.25) is 5.91 Å². The molecule has 1 amide bonds. The van der Waals surface area contributed by atoms with Gasteiger partial charge < -0.3 is 16.0 Å². The Morgan fingerprint density at radius 3 is 3.19 bits per heavy atom. The lowest BCUT2D eigenvalue weighted by Crippen LogP contribution is -2.50. The molecule has 2 aliphatic rings. The highest BCUT2D eigenvalue weighted by molar-refractivity contribution is 5.81. The highest BCUT2D eigenvalue weighted by Gasteiger charge is 2.16. The summed E-state index contributed by atoms with van der Waals surface area (Å²) in [6, 6.07) is 0.434. The molecule has 0 aromatic carbocycles. The Kier molecular flexibility index (Phi) is 3.61. The smallest absolute Gasteiger partial charge is 0.234 e. The molecule has 2 aliphatic heterocycles. The van der Waals surface area contributed by atoms with Gasteiger partial charge in [0, 0.05) is 32.2 Å². The second kappa shape index (κ2) is 5.16. The van der Waals surface area contributed by atoms with Gasteiger partial charge in [0.1, 0.15) is 0 Å². The summed E-state index contributed by atoms with van der Waals surface area (Å²) in [4.78, 5) is 17.6. The zero-order valence-electron chi connectivity index (χ0n) is 9.62. The number of carbonyl (C=O) groups is 1. The molecule has 0 saturated carbocycles. The lowest BCUT2D eigenvalue weighted by molar-refractivity contribution is -0.124. The molecule has 1 saturated heterocycles. The molecular weight excluding hydrogens is 206 g/mol. The minimum Gasteiger partial charge on any atom is -0.355 e. The zero-order valence-corrected chi connectivity index (χ0v) is 9.62. The van der Waals surface area contributed by atoms with Crippen molar-refractivity contribution in [1.82, 2.24) is 20.9 Å². The van der Waals surface area contributed by atoms with Gasteiger partial charge in [-0.3, -0.25) is 14.7 Å². The normalized spacial score (nSPS) is 25.9. The minimum atomic E-state index is 0.121. The number of carbonyl (C=O) groups excluding carboxylic acids is 1. The minimum absolute atomic E-state index is 0.121. The van der Waals surface area contributed by atoms with Crippen molar-refractivity contribution in [2.75, 3.05) is 39.3 Å². The summed E-state index contributed by atoms with van der Waals surface area (Å²) in [5.74, 6) is 1.00. The van der Waals surface area contributed by atoms with E-state index in [0.29, 0.717) is 12.6 Å². The van der Waals surface area contributed by atoms with E-state index in [0.717, 1.165) is 38.7 Å². The molecule has 3 N–H and O–H groups in total. The first-order valence-corrected chi connectivity index (χ1v) is 5.78. The number of amides is 1. The Balaban J connectivity index is 1.62. The topological polar surface area (TPSA) is 68.8 Å². The molecule has 0 aromatic rings. The molecule has 1 fully saturated rings. The van der Waals surface area contributed by atoms with E-state index in [4.69, 9.17) is 0 Å². The average molecular weight is 225 g/mol. The van der Waals surface area contributed by atoms with Crippen molar-refractivity contribution in [1.29, 1.82) is 0 Å². The summed E-state index contributed by atoms with van der Waals surface area (Å²) < 4.78 is 0. The van der Waals surface area contributed by atoms with Gasteiger partial charge in [-0.2, -0.15) is 0 Å². The molecule has 2 heterocycles. The molecule has 2 rings (SSSR count). The summed E-state index contributed by atoms with van der Waals surface area (Å²) in [6.45, 7) is 6.85. The fraction of sp³-hybridized carbons (Fsp3) is 0.800. The molecule has 6 nitrogen and oxygen atoms in total. The van der Waals surface area contributed by atoms with Gasteiger partial charge in [-0.15, -0.1) is 0 Å². The maximum absolute atomic E-state index is 11.1. The lowest BCUT2D eigenvalue weighted by Gasteiger charge is -2.26. The maximum Gasteiger partial charge on any atom is 0.234 e. The van der Waals surface area contributed by atoms with E-state index in [9.17, 15) is 4.79 Å². The Hall–Kier alpha value is -1.30. The first-order valence-electron chi connectivity index (χ1n) is 5.78. The van der Waals surface area contributed by atoms with Crippen LogP contribution in [0.1, 0.15) is 6.92 Å². The first-order chi connectivity index (χ1) is 7.74. The van der Waals surface area contributed by atoms with Gasteiger partial charge in [-0.25, -0.2) is 0 Å². The molecule has 0 radical (unpaired) electrons. The highest BCUT2D eigenvalue weighted by Crippen LogP contribution is 1.93. The molecule has 16 heavy (non-hydrogen) atoms. The predicted octanol–water partition coefficient (Wildman–Crippen LogP) is -1.64. The molecular formula is C10H19N5O. The third-order valence-electron chi connectivity index (χ3n) is 2.74. The van der Waals surface area contributed by atoms with Crippen LogP contribution in [0.3, 0.4) is 0 Å². The monoisotopic (exact) mass is 225 g/mol. The number of hydrogen-bond acceptors (Lipinski definition) is 5. The zero-order chi connectivity index (χ0) is 11.4. The molecule has 0 aliphatic carbocycles. The second-order valence-electron chi connectivity index (χ2n) is 4.29. The number of piperazine rings is 1. The van der Waals surface area contributed by atoms with Crippen molar-refractivity contribution in [3.05, 3.63) is 0 Å². The molecule has 6 heteroatoms. The number of hydrogen-bond donors (Lipinski definition) is 3. The van der Waals surface area contributed by atoms with Crippen LogP contribution in [0.15, 0.2) is 4.99 Å². The van der Waals surface area contributed by atoms with Crippen LogP contribution in [0.25, 0.3) is 0 Å². The third kappa shape index (κ3) is 3.10. The van der Waals surface area contributed by atoms with E-state index in [1.54, 1.807) is 0 Å². The lowest BCUT2D eigenvalue weighted by atomic mass is 10.3. The summed E-state index contributed by atoms with van der Waals surface area (Å²) in [6.07, 6.45) is 0. The van der Waals surface area contributed by atoms with Crippen LogP contribution in [-0.2, 0) is 4.79 Å². The van der Waals surface area contributed by atoms with Gasteiger partial charge >= 0.3 is 0 Å². The number of aliphatic imine (C=N–C) groups is 1. The van der Waals surface area contributed by atoms with E-state index in [2.05, 4.69) is 32.8 Å². The van der Waals surface area contributed by atoms with Crippen LogP contribution in [0.2, 0.25) is 0 Å². The van der Waals surface area contributed by atoms with Gasteiger partial charge in [0.15, 0.2) is 5.96 Å². The van der Waals surface area contributed by atoms with Crippen molar-refractivity contribution in [2.45, 2.75) is 13.0 Å². The van der Waals surface area contributed by atoms with Crippen LogP contribution in [0, 0.1) is 0 Å². The first kappa shape index (κ1) is 11.2. The van der Waals surface area contributed by atoms with Gasteiger partial charge in [-0.05, 0) is 6.92 Å². The molecule has 0 bridgehead atoms. The molecule has 0 aromatic heterocycles. The van der Waals surface area contributed by atoms with Gasteiger partial charge in [0.25, 0.3) is 0 Å². The van der Waals surface area contributed by atoms with Crippen molar-refractivity contribution in [3.63, 3.8) is 0 Å². The van der Waals surface area contributed by atoms with E-state index in [1.807, 2.05) is 0 Å². The summed E-state index contributed by atoms with van der Waals surface area (Å²) in [5, 5.41) is 9.29. The number of nitrogens with zero attached hydrogens (tertiary/aromatic N) is 2. The SMILES string of the molecule is CC1CN=C(NCCN2CCNC(=O)C2)N1. The number of nitrogens with one attached hydrogen (secondary N) is 3. The largest absolute Gasteiger partial charge is 0.355 e. The Bertz CT molecular complexity index is 291. The Morgan fingerprint density at radius 2 is 2.50 bits per heavy atom. The van der Waals surface area contributed by atoms with Crippen LogP contribution >= 0.6 is 0 Å². The van der Waals surface area contributed by atoms with Crippen molar-refractivity contribution in [2.24, 2.45) is 4.99 Å². The van der Waals surface area contributed by atoms with Crippen molar-refractivity contribution < 1.29 is 4.79 Å².